The summed E-state index contributed by atoms with van der Waals surface area (Å²) in [5.74, 6) is 0.118. The first-order valence-corrected chi connectivity index (χ1v) is 11.5. The zero-order chi connectivity index (χ0) is 23.8. The normalized spacial score (nSPS) is 11.8. The van der Waals surface area contributed by atoms with Crippen molar-refractivity contribution in [2.24, 2.45) is 4.99 Å². The van der Waals surface area contributed by atoms with E-state index >= 15 is 0 Å². The maximum Gasteiger partial charge on any atom is 0.283 e. The SMILES string of the molecule is COc1ccc(-c2[nH]n(-c3nc4ccccc4s3)c(=O)c2C(C)=Nc2ccc(Cl)c(F)c2)cc1. The van der Waals surface area contributed by atoms with Gasteiger partial charge in [-0.25, -0.2) is 9.37 Å². The second kappa shape index (κ2) is 8.89. The lowest BCUT2D eigenvalue weighted by Crippen LogP contribution is -2.19. The van der Waals surface area contributed by atoms with Gasteiger partial charge < -0.3 is 4.74 Å². The molecule has 170 valence electrons. The summed E-state index contributed by atoms with van der Waals surface area (Å²) in [5.41, 5.74) is 2.98. The van der Waals surface area contributed by atoms with E-state index in [1.54, 1.807) is 20.1 Å². The molecular formula is C25H18ClFN4O2S. The molecule has 0 atom stereocenters. The van der Waals surface area contributed by atoms with Gasteiger partial charge in [0.1, 0.15) is 11.6 Å². The Balaban J connectivity index is 1.70. The largest absolute Gasteiger partial charge is 0.497 e. The highest BCUT2D eigenvalue weighted by Crippen LogP contribution is 2.28. The number of H-pyrrole nitrogens is 1. The molecular weight excluding hydrogens is 475 g/mol. The van der Waals surface area contributed by atoms with Crippen molar-refractivity contribution in [3.8, 4) is 22.1 Å². The average molecular weight is 493 g/mol. The van der Waals surface area contributed by atoms with Crippen molar-refractivity contribution in [2.45, 2.75) is 6.92 Å². The van der Waals surface area contributed by atoms with Crippen molar-refractivity contribution in [3.63, 3.8) is 0 Å². The highest BCUT2D eigenvalue weighted by atomic mass is 35.5. The van der Waals surface area contributed by atoms with E-state index in [4.69, 9.17) is 16.3 Å². The summed E-state index contributed by atoms with van der Waals surface area (Å²) in [6.07, 6.45) is 0. The number of aromatic nitrogens is 3. The molecule has 3 aromatic carbocycles. The van der Waals surface area contributed by atoms with Gasteiger partial charge in [-0.15, -0.1) is 0 Å². The molecule has 6 nitrogen and oxygen atoms in total. The van der Waals surface area contributed by atoms with Gasteiger partial charge in [0.25, 0.3) is 5.56 Å². The molecule has 0 saturated carbocycles. The zero-order valence-electron chi connectivity index (χ0n) is 18.2. The second-order valence-electron chi connectivity index (χ2n) is 7.49. The molecule has 0 unspecified atom stereocenters. The quantitative estimate of drug-likeness (QED) is 0.289. The molecule has 2 aromatic heterocycles. The standard InChI is InChI=1S/C25H18ClFN4O2S/c1-14(28-16-9-12-18(26)19(27)13-16)22-23(15-7-10-17(33-2)11-8-15)30-31(24(22)32)25-29-20-5-3-4-6-21(20)34-25/h3-13,30H,1-2H3. The maximum atomic E-state index is 14.0. The number of hydrogen-bond acceptors (Lipinski definition) is 5. The summed E-state index contributed by atoms with van der Waals surface area (Å²) in [7, 11) is 1.59. The van der Waals surface area contributed by atoms with Gasteiger partial charge in [-0.3, -0.25) is 14.9 Å². The number of aliphatic imine (C=N–C) groups is 1. The molecule has 0 radical (unpaired) electrons. The lowest BCUT2D eigenvalue weighted by atomic mass is 10.0. The van der Waals surface area contributed by atoms with Crippen LogP contribution >= 0.6 is 22.9 Å². The molecule has 0 aliphatic rings. The van der Waals surface area contributed by atoms with Crippen LogP contribution in [0.5, 0.6) is 5.75 Å². The average Bonchev–Trinajstić information content (AvgIpc) is 3.42. The molecule has 2 heterocycles. The molecule has 0 bridgehead atoms. The van der Waals surface area contributed by atoms with Gasteiger partial charge in [-0.05, 0) is 55.5 Å². The first-order valence-electron chi connectivity index (χ1n) is 10.3. The monoisotopic (exact) mass is 492 g/mol. The lowest BCUT2D eigenvalue weighted by molar-refractivity contribution is 0.415. The van der Waals surface area contributed by atoms with Crippen molar-refractivity contribution < 1.29 is 9.13 Å². The zero-order valence-corrected chi connectivity index (χ0v) is 19.7. The fourth-order valence-corrected chi connectivity index (χ4v) is 4.68. The summed E-state index contributed by atoms with van der Waals surface area (Å²) in [6.45, 7) is 1.72. The minimum absolute atomic E-state index is 0.00959. The predicted molar refractivity (Wildman–Crippen MR) is 135 cm³/mol. The van der Waals surface area contributed by atoms with Crippen molar-refractivity contribution in [3.05, 3.63) is 93.5 Å². The van der Waals surface area contributed by atoms with Gasteiger partial charge >= 0.3 is 0 Å². The number of rotatable bonds is 5. The Kier molecular flexibility index (Phi) is 5.77. The summed E-state index contributed by atoms with van der Waals surface area (Å²) in [6, 6.07) is 19.3. The van der Waals surface area contributed by atoms with Crippen molar-refractivity contribution in [1.82, 2.24) is 14.8 Å². The molecule has 9 heteroatoms. The second-order valence-corrected chi connectivity index (χ2v) is 8.91. The van der Waals surface area contributed by atoms with E-state index in [1.807, 2.05) is 48.5 Å². The highest BCUT2D eigenvalue weighted by Gasteiger charge is 2.21. The fraction of sp³-hybridized carbons (Fsp3) is 0.0800. The predicted octanol–water partition coefficient (Wildman–Crippen LogP) is 6.38. The fourth-order valence-electron chi connectivity index (χ4n) is 3.63. The highest BCUT2D eigenvalue weighted by molar-refractivity contribution is 7.20. The Morgan fingerprint density at radius 2 is 1.91 bits per heavy atom. The van der Waals surface area contributed by atoms with Crippen LogP contribution in [0.3, 0.4) is 0 Å². The molecule has 0 spiro atoms. The van der Waals surface area contributed by atoms with Crippen LogP contribution in [0.4, 0.5) is 10.1 Å². The van der Waals surface area contributed by atoms with Gasteiger partial charge in [0.15, 0.2) is 0 Å². The molecule has 0 saturated heterocycles. The van der Waals surface area contributed by atoms with E-state index in [2.05, 4.69) is 15.1 Å². The van der Waals surface area contributed by atoms with Crippen LogP contribution in [0.25, 0.3) is 26.6 Å². The third-order valence-electron chi connectivity index (χ3n) is 5.30. The smallest absolute Gasteiger partial charge is 0.283 e. The molecule has 5 aromatic rings. The van der Waals surface area contributed by atoms with Gasteiger partial charge in [-0.1, -0.05) is 35.1 Å². The minimum Gasteiger partial charge on any atom is -0.497 e. The number of nitrogens with zero attached hydrogens (tertiary/aromatic N) is 3. The topological polar surface area (TPSA) is 72.3 Å². The number of para-hydroxylation sites is 1. The third kappa shape index (κ3) is 4.02. The van der Waals surface area contributed by atoms with E-state index in [0.717, 1.165) is 15.8 Å². The van der Waals surface area contributed by atoms with Crippen molar-refractivity contribution in [1.29, 1.82) is 0 Å². The van der Waals surface area contributed by atoms with Gasteiger partial charge in [0.2, 0.25) is 5.13 Å². The Bertz CT molecular complexity index is 1570. The Labute approximate surface area is 202 Å². The maximum absolute atomic E-state index is 14.0. The molecule has 34 heavy (non-hydrogen) atoms. The number of benzene rings is 3. The number of nitrogens with one attached hydrogen (secondary N) is 1. The van der Waals surface area contributed by atoms with E-state index in [0.29, 0.717) is 33.5 Å². The van der Waals surface area contributed by atoms with Crippen LogP contribution in [-0.2, 0) is 0 Å². The number of halogens is 2. The van der Waals surface area contributed by atoms with Crippen LogP contribution in [0.2, 0.25) is 5.02 Å². The van der Waals surface area contributed by atoms with Crippen molar-refractivity contribution >= 4 is 44.6 Å². The molecule has 5 rings (SSSR count). The number of hydrogen-bond donors (Lipinski definition) is 1. The minimum atomic E-state index is -0.577. The summed E-state index contributed by atoms with van der Waals surface area (Å²) >= 11 is 7.20. The van der Waals surface area contributed by atoms with Gasteiger partial charge in [-0.2, -0.15) is 4.68 Å². The van der Waals surface area contributed by atoms with E-state index in [-0.39, 0.29) is 10.6 Å². The Morgan fingerprint density at radius 3 is 2.62 bits per heavy atom. The van der Waals surface area contributed by atoms with Crippen LogP contribution < -0.4 is 10.3 Å². The number of thiazole rings is 1. The van der Waals surface area contributed by atoms with Crippen molar-refractivity contribution in [2.75, 3.05) is 7.11 Å². The first kappa shape index (κ1) is 22.1. The molecule has 0 amide bonds. The van der Waals surface area contributed by atoms with Crippen LogP contribution in [0.15, 0.2) is 76.5 Å². The third-order valence-corrected chi connectivity index (χ3v) is 6.63. The molecule has 1 N–H and O–H groups in total. The van der Waals surface area contributed by atoms with Gasteiger partial charge in [0, 0.05) is 11.6 Å². The lowest BCUT2D eigenvalue weighted by Gasteiger charge is -2.05. The van der Waals surface area contributed by atoms with Crippen LogP contribution in [0, 0.1) is 5.82 Å². The van der Waals surface area contributed by atoms with Gasteiger partial charge in [0.05, 0.1) is 45.0 Å². The van der Waals surface area contributed by atoms with Crippen LogP contribution in [-0.4, -0.2) is 27.6 Å². The molecule has 0 aliphatic carbocycles. The van der Waals surface area contributed by atoms with E-state index in [1.165, 1.54) is 28.2 Å². The van der Waals surface area contributed by atoms with E-state index in [9.17, 15) is 9.18 Å². The van der Waals surface area contributed by atoms with E-state index < -0.39 is 5.82 Å². The summed E-state index contributed by atoms with van der Waals surface area (Å²) < 4.78 is 21.6. The summed E-state index contributed by atoms with van der Waals surface area (Å²) in [4.78, 5) is 22.7. The molecule has 0 fully saturated rings. The summed E-state index contributed by atoms with van der Waals surface area (Å²) in [5, 5.41) is 3.72. The number of ether oxygens (including phenoxy) is 1. The Morgan fingerprint density at radius 1 is 1.15 bits per heavy atom. The number of methoxy groups -OCH3 is 1. The number of fused-ring (bicyclic) bond motifs is 1. The Hall–Kier alpha value is -3.75. The number of aromatic amines is 1. The first-order chi connectivity index (χ1) is 16.4. The van der Waals surface area contributed by atoms with Crippen LogP contribution in [0.1, 0.15) is 12.5 Å². The molecule has 0 aliphatic heterocycles.